The van der Waals surface area contributed by atoms with Crippen LogP contribution in [0.5, 0.6) is 0 Å². The van der Waals surface area contributed by atoms with Gasteiger partial charge in [0.1, 0.15) is 5.25 Å². The van der Waals surface area contributed by atoms with E-state index < -0.39 is 15.5 Å². The summed E-state index contributed by atoms with van der Waals surface area (Å²) in [4.78, 5) is 13.0. The minimum absolute atomic E-state index is 0.0843. The molecule has 18 heavy (non-hydrogen) atoms. The van der Waals surface area contributed by atoms with Crippen molar-refractivity contribution in [1.29, 1.82) is 0 Å². The molecule has 0 saturated carbocycles. The van der Waals surface area contributed by atoms with Crippen LogP contribution in [0.3, 0.4) is 0 Å². The van der Waals surface area contributed by atoms with Gasteiger partial charge in [0.05, 0.1) is 0 Å². The summed E-state index contributed by atoms with van der Waals surface area (Å²) in [7, 11) is -4.65. The highest BCUT2D eigenvalue weighted by Crippen LogP contribution is 2.24. The maximum absolute atomic E-state index is 12.8. The van der Waals surface area contributed by atoms with E-state index in [1.807, 2.05) is 24.3 Å². The van der Waals surface area contributed by atoms with Crippen LogP contribution >= 0.6 is 15.9 Å². The van der Waals surface area contributed by atoms with E-state index in [-0.39, 0.29) is 25.4 Å². The fourth-order valence-corrected chi connectivity index (χ4v) is 3.02. The fraction of sp³-hybridized carbons (Fsp3) is 0.364. The molecule has 0 bridgehead atoms. The first-order valence-corrected chi connectivity index (χ1v) is 7.56. The Morgan fingerprint density at radius 3 is 2.61 bits per heavy atom. The first kappa shape index (κ1) is 13.5. The normalized spacial score (nSPS) is 20.4. The van der Waals surface area contributed by atoms with Gasteiger partial charge in [-0.2, -0.15) is 8.42 Å². The van der Waals surface area contributed by atoms with E-state index in [1.54, 1.807) is 0 Å². The van der Waals surface area contributed by atoms with E-state index in [1.165, 1.54) is 4.90 Å². The lowest BCUT2D eigenvalue weighted by molar-refractivity contribution is -0.128. The molecule has 1 saturated heterocycles. The Balaban J connectivity index is 2.13. The Hall–Kier alpha value is -0.950. The van der Waals surface area contributed by atoms with E-state index in [0.29, 0.717) is 0 Å². The first-order valence-electron chi connectivity index (χ1n) is 5.32. The van der Waals surface area contributed by atoms with Gasteiger partial charge in [-0.1, -0.05) is 34.1 Å². The summed E-state index contributed by atoms with van der Waals surface area (Å²) >= 11 is 3.35. The Bertz CT molecular complexity index is 575. The second kappa shape index (κ2) is 4.97. The molecule has 2 rings (SSSR count). The Labute approximate surface area is 113 Å². The lowest BCUT2D eigenvalue weighted by atomic mass is 10.2. The molecule has 1 aliphatic heterocycles. The highest BCUT2D eigenvalue weighted by atomic mass is 79.9. The lowest BCUT2D eigenvalue weighted by Gasteiger charge is -2.16. The maximum Gasteiger partial charge on any atom is 0.307 e. The van der Waals surface area contributed by atoms with E-state index in [2.05, 4.69) is 15.9 Å². The highest BCUT2D eigenvalue weighted by Gasteiger charge is 2.38. The van der Waals surface area contributed by atoms with Crippen molar-refractivity contribution in [2.75, 3.05) is 6.54 Å². The van der Waals surface area contributed by atoms with Gasteiger partial charge in [-0.25, -0.2) is 0 Å². The zero-order valence-corrected chi connectivity index (χ0v) is 11.7. The van der Waals surface area contributed by atoms with E-state index >= 15 is 0 Å². The summed E-state index contributed by atoms with van der Waals surface area (Å²) in [5.41, 5.74) is 0.864. The van der Waals surface area contributed by atoms with Crippen LogP contribution in [-0.4, -0.2) is 31.0 Å². The molecule has 0 N–H and O–H groups in total. The van der Waals surface area contributed by atoms with Crippen molar-refractivity contribution in [3.63, 3.8) is 0 Å². The summed E-state index contributed by atoms with van der Waals surface area (Å²) in [6.07, 6.45) is -0.275. The minimum Gasteiger partial charge on any atom is -0.337 e. The van der Waals surface area contributed by atoms with Crippen molar-refractivity contribution in [2.45, 2.75) is 18.2 Å². The second-order valence-corrected chi connectivity index (χ2v) is 6.64. The molecule has 1 heterocycles. The maximum atomic E-state index is 12.8. The van der Waals surface area contributed by atoms with Crippen molar-refractivity contribution in [3.8, 4) is 0 Å². The molecule has 1 aliphatic rings. The number of hydrogen-bond donors (Lipinski definition) is 0. The number of nitrogens with zero attached hydrogens (tertiary/aromatic N) is 1. The van der Waals surface area contributed by atoms with Gasteiger partial charge >= 0.3 is 10.2 Å². The Kier molecular flexibility index (Phi) is 3.72. The molecule has 1 atom stereocenters. The van der Waals surface area contributed by atoms with E-state index in [4.69, 9.17) is 0 Å². The average Bonchev–Trinajstić information content (AvgIpc) is 2.63. The van der Waals surface area contributed by atoms with Gasteiger partial charge in [0.2, 0.25) is 5.91 Å². The summed E-state index contributed by atoms with van der Waals surface area (Å²) < 4.78 is 35.3. The highest BCUT2D eigenvalue weighted by molar-refractivity contribution is 9.10. The molecule has 1 unspecified atom stereocenters. The molecule has 98 valence electrons. The Morgan fingerprint density at radius 1 is 1.39 bits per heavy atom. The van der Waals surface area contributed by atoms with Gasteiger partial charge in [-0.3, -0.25) is 4.79 Å². The van der Waals surface area contributed by atoms with Gasteiger partial charge in [-0.05, 0) is 11.6 Å². The summed E-state index contributed by atoms with van der Waals surface area (Å²) in [6, 6.07) is 7.33. The van der Waals surface area contributed by atoms with Crippen LogP contribution in [0, 0.1) is 0 Å². The number of likely N-dealkylation sites (tertiary alicyclic amines) is 1. The zero-order chi connectivity index (χ0) is 13.3. The number of halogens is 2. The van der Waals surface area contributed by atoms with Crippen LogP contribution in [0.15, 0.2) is 28.7 Å². The van der Waals surface area contributed by atoms with Crippen LogP contribution in [0.1, 0.15) is 12.0 Å². The SMILES string of the molecule is O=C1CC(S(=O)(=O)F)CN1Cc1ccccc1Br. The molecular formula is C11H11BrFNO3S. The van der Waals surface area contributed by atoms with Crippen LogP contribution in [-0.2, 0) is 21.6 Å². The lowest BCUT2D eigenvalue weighted by Crippen LogP contribution is -2.26. The number of carbonyl (C=O) groups is 1. The standard InChI is InChI=1S/C11H11BrFNO3S/c12-10-4-2-1-3-8(10)6-14-7-9(5-11(14)15)18(13,16)17/h1-4,9H,5-7H2. The van der Waals surface area contributed by atoms with Crippen LogP contribution in [0.25, 0.3) is 0 Å². The molecule has 0 spiro atoms. The number of rotatable bonds is 3. The molecule has 1 aromatic rings. The number of benzene rings is 1. The number of amides is 1. The molecule has 1 amide bonds. The van der Waals surface area contributed by atoms with Crippen molar-refractivity contribution >= 4 is 32.1 Å². The average molecular weight is 336 g/mol. The van der Waals surface area contributed by atoms with Crippen LogP contribution in [0.4, 0.5) is 3.89 Å². The topological polar surface area (TPSA) is 54.5 Å². The second-order valence-electron chi connectivity index (χ2n) is 4.17. The van der Waals surface area contributed by atoms with Crippen molar-refractivity contribution in [3.05, 3.63) is 34.3 Å². The van der Waals surface area contributed by atoms with E-state index in [9.17, 15) is 17.1 Å². The number of carbonyl (C=O) groups excluding carboxylic acids is 1. The van der Waals surface area contributed by atoms with Crippen LogP contribution in [0.2, 0.25) is 0 Å². The van der Waals surface area contributed by atoms with E-state index in [0.717, 1.165) is 10.0 Å². The summed E-state index contributed by atoms with van der Waals surface area (Å²) in [5.74, 6) is -0.336. The van der Waals surface area contributed by atoms with Gasteiger partial charge in [0, 0.05) is 24.0 Å². The first-order chi connectivity index (χ1) is 8.38. The van der Waals surface area contributed by atoms with Gasteiger partial charge in [0.15, 0.2) is 0 Å². The largest absolute Gasteiger partial charge is 0.337 e. The molecule has 7 heteroatoms. The van der Waals surface area contributed by atoms with Gasteiger partial charge in [-0.15, -0.1) is 3.89 Å². The number of hydrogen-bond acceptors (Lipinski definition) is 3. The Morgan fingerprint density at radius 2 is 2.06 bits per heavy atom. The predicted molar refractivity (Wildman–Crippen MR) is 68.0 cm³/mol. The van der Waals surface area contributed by atoms with Gasteiger partial charge in [0.25, 0.3) is 0 Å². The third kappa shape index (κ3) is 2.89. The molecule has 4 nitrogen and oxygen atoms in total. The van der Waals surface area contributed by atoms with Crippen molar-refractivity contribution < 1.29 is 17.1 Å². The minimum atomic E-state index is -4.65. The molecule has 1 fully saturated rings. The quantitative estimate of drug-likeness (QED) is 0.792. The zero-order valence-electron chi connectivity index (χ0n) is 9.34. The molecule has 0 aromatic heterocycles. The van der Waals surface area contributed by atoms with Gasteiger partial charge < -0.3 is 4.90 Å². The molecule has 0 radical (unpaired) electrons. The molecule has 0 aliphatic carbocycles. The van der Waals surface area contributed by atoms with Crippen LogP contribution < -0.4 is 0 Å². The summed E-state index contributed by atoms with van der Waals surface area (Å²) in [5, 5.41) is -1.23. The molecular weight excluding hydrogens is 325 g/mol. The van der Waals surface area contributed by atoms with Crippen molar-refractivity contribution in [2.24, 2.45) is 0 Å². The smallest absolute Gasteiger partial charge is 0.307 e. The van der Waals surface area contributed by atoms with Crippen molar-refractivity contribution in [1.82, 2.24) is 4.90 Å². The third-order valence-corrected chi connectivity index (χ3v) is 4.78. The monoisotopic (exact) mass is 335 g/mol. The predicted octanol–water partition coefficient (Wildman–Crippen LogP) is 1.85. The summed E-state index contributed by atoms with van der Waals surface area (Å²) in [6.45, 7) is 0.200. The fourth-order valence-electron chi connectivity index (χ4n) is 1.91. The molecule has 1 aromatic carbocycles. The third-order valence-electron chi connectivity index (χ3n) is 2.90.